The standard InChI is InChI=1S/C26H19FN2O6/c1-34-19-9-2-15(3-10-19)12-13-28-23(16-4-7-18(8-5-16)29(32)33)22-24(30)20-14-17(27)6-11-21(20)35-25(22)26(28)31/h2-11,14,23H,12-13H2,1H3/t23-/m0/s1. The number of nitro benzene ring substituents is 1. The van der Waals surface area contributed by atoms with E-state index in [4.69, 9.17) is 9.15 Å². The average Bonchev–Trinajstić information content (AvgIpc) is 3.15. The number of carbonyl (C=O) groups is 1. The van der Waals surface area contributed by atoms with E-state index < -0.39 is 28.1 Å². The summed E-state index contributed by atoms with van der Waals surface area (Å²) in [4.78, 5) is 39.0. The number of non-ortho nitro benzene ring substituents is 1. The molecule has 0 radical (unpaired) electrons. The molecule has 5 rings (SSSR count). The van der Waals surface area contributed by atoms with Crippen molar-refractivity contribution in [3.05, 3.63) is 115 Å². The number of methoxy groups -OCH3 is 1. The van der Waals surface area contributed by atoms with E-state index in [1.54, 1.807) is 7.11 Å². The van der Waals surface area contributed by atoms with Gasteiger partial charge in [0.2, 0.25) is 5.76 Å². The molecule has 0 saturated carbocycles. The van der Waals surface area contributed by atoms with Gasteiger partial charge in [-0.3, -0.25) is 19.7 Å². The van der Waals surface area contributed by atoms with Gasteiger partial charge in [-0.15, -0.1) is 0 Å². The highest BCUT2D eigenvalue weighted by atomic mass is 19.1. The molecule has 0 saturated heterocycles. The van der Waals surface area contributed by atoms with Crippen molar-refractivity contribution >= 4 is 22.6 Å². The van der Waals surface area contributed by atoms with Gasteiger partial charge in [-0.2, -0.15) is 0 Å². The molecule has 0 spiro atoms. The fourth-order valence-corrected chi connectivity index (χ4v) is 4.39. The molecule has 8 nitrogen and oxygen atoms in total. The lowest BCUT2D eigenvalue weighted by atomic mass is 9.98. The molecule has 2 heterocycles. The zero-order chi connectivity index (χ0) is 24.7. The van der Waals surface area contributed by atoms with Gasteiger partial charge in [0, 0.05) is 18.7 Å². The highest BCUT2D eigenvalue weighted by Gasteiger charge is 2.42. The van der Waals surface area contributed by atoms with Crippen molar-refractivity contribution in [2.24, 2.45) is 0 Å². The number of halogens is 1. The van der Waals surface area contributed by atoms with E-state index in [0.717, 1.165) is 17.7 Å². The maximum Gasteiger partial charge on any atom is 0.290 e. The number of benzene rings is 3. The zero-order valence-electron chi connectivity index (χ0n) is 18.6. The number of fused-ring (bicyclic) bond motifs is 2. The minimum Gasteiger partial charge on any atom is -0.497 e. The molecule has 1 aliphatic rings. The Morgan fingerprint density at radius 1 is 1.06 bits per heavy atom. The van der Waals surface area contributed by atoms with Crippen LogP contribution in [0.4, 0.5) is 10.1 Å². The van der Waals surface area contributed by atoms with Gasteiger partial charge in [0.05, 0.1) is 29.0 Å². The van der Waals surface area contributed by atoms with E-state index in [9.17, 15) is 24.1 Å². The third-order valence-electron chi connectivity index (χ3n) is 6.15. The van der Waals surface area contributed by atoms with E-state index in [1.807, 2.05) is 24.3 Å². The van der Waals surface area contributed by atoms with Crippen LogP contribution >= 0.6 is 0 Å². The Hall–Kier alpha value is -4.53. The van der Waals surface area contributed by atoms with Gasteiger partial charge in [-0.1, -0.05) is 12.1 Å². The summed E-state index contributed by atoms with van der Waals surface area (Å²) >= 11 is 0. The number of hydrogen-bond acceptors (Lipinski definition) is 6. The van der Waals surface area contributed by atoms with Crippen LogP contribution in [0.1, 0.15) is 33.3 Å². The second kappa shape index (κ2) is 8.68. The lowest BCUT2D eigenvalue weighted by Gasteiger charge is -2.25. The Morgan fingerprint density at radius 2 is 1.77 bits per heavy atom. The van der Waals surface area contributed by atoms with Crippen LogP contribution in [0.5, 0.6) is 5.75 Å². The number of nitrogens with zero attached hydrogens (tertiary/aromatic N) is 2. The molecule has 9 heteroatoms. The van der Waals surface area contributed by atoms with Crippen molar-refractivity contribution in [1.29, 1.82) is 0 Å². The molecule has 0 aliphatic carbocycles. The average molecular weight is 474 g/mol. The normalized spacial score (nSPS) is 14.9. The summed E-state index contributed by atoms with van der Waals surface area (Å²) in [6.45, 7) is 0.251. The summed E-state index contributed by atoms with van der Waals surface area (Å²) in [5.74, 6) is -0.472. The summed E-state index contributed by atoms with van der Waals surface area (Å²) in [5, 5.41) is 11.1. The quantitative estimate of drug-likeness (QED) is 0.298. The molecule has 0 fully saturated rings. The predicted octanol–water partition coefficient (Wildman–Crippen LogP) is 4.64. The third kappa shape index (κ3) is 3.90. The first kappa shape index (κ1) is 22.3. The van der Waals surface area contributed by atoms with Crippen molar-refractivity contribution in [1.82, 2.24) is 4.90 Å². The molecule has 3 aromatic carbocycles. The molecule has 176 valence electrons. The number of ether oxygens (including phenoxy) is 1. The first-order valence-electron chi connectivity index (χ1n) is 10.8. The van der Waals surface area contributed by atoms with E-state index >= 15 is 0 Å². The predicted molar refractivity (Wildman–Crippen MR) is 125 cm³/mol. The fraction of sp³-hybridized carbons (Fsp3) is 0.154. The van der Waals surface area contributed by atoms with Crippen LogP contribution < -0.4 is 10.2 Å². The largest absolute Gasteiger partial charge is 0.497 e. The number of carbonyl (C=O) groups excluding carboxylic acids is 1. The lowest BCUT2D eigenvalue weighted by Crippen LogP contribution is -2.31. The van der Waals surface area contributed by atoms with Crippen molar-refractivity contribution in [2.75, 3.05) is 13.7 Å². The van der Waals surface area contributed by atoms with Gasteiger partial charge in [-0.05, 0) is 60.0 Å². The highest BCUT2D eigenvalue weighted by molar-refractivity contribution is 5.99. The number of rotatable bonds is 6. The Balaban J connectivity index is 1.60. The third-order valence-corrected chi connectivity index (χ3v) is 6.15. The monoisotopic (exact) mass is 474 g/mol. The van der Waals surface area contributed by atoms with Gasteiger partial charge >= 0.3 is 0 Å². The molecule has 35 heavy (non-hydrogen) atoms. The van der Waals surface area contributed by atoms with Gasteiger partial charge in [0.15, 0.2) is 5.43 Å². The second-order valence-corrected chi connectivity index (χ2v) is 8.16. The van der Waals surface area contributed by atoms with Gasteiger partial charge in [-0.25, -0.2) is 4.39 Å². The highest BCUT2D eigenvalue weighted by Crippen LogP contribution is 2.38. The van der Waals surface area contributed by atoms with Crippen LogP contribution in [0.25, 0.3) is 11.0 Å². The van der Waals surface area contributed by atoms with Crippen molar-refractivity contribution < 1.29 is 23.3 Å². The summed E-state index contributed by atoms with van der Waals surface area (Å²) in [7, 11) is 1.57. The molecule has 1 amide bonds. The summed E-state index contributed by atoms with van der Waals surface area (Å²) in [5.41, 5.74) is 1.05. The Labute approximate surface area is 198 Å². The van der Waals surface area contributed by atoms with Crippen molar-refractivity contribution in [3.63, 3.8) is 0 Å². The zero-order valence-corrected chi connectivity index (χ0v) is 18.6. The minimum atomic E-state index is -0.833. The molecule has 0 bridgehead atoms. The molecular formula is C26H19FN2O6. The summed E-state index contributed by atoms with van der Waals surface area (Å²) in [6, 6.07) is 15.8. The van der Waals surface area contributed by atoms with E-state index in [-0.39, 0.29) is 34.5 Å². The van der Waals surface area contributed by atoms with Crippen molar-refractivity contribution in [3.8, 4) is 5.75 Å². The van der Waals surface area contributed by atoms with Crippen LogP contribution in [-0.2, 0) is 6.42 Å². The molecule has 1 atom stereocenters. The Bertz CT molecular complexity index is 1510. The summed E-state index contributed by atoms with van der Waals surface area (Å²) < 4.78 is 24.9. The molecule has 0 N–H and O–H groups in total. The van der Waals surface area contributed by atoms with Crippen LogP contribution in [0.15, 0.2) is 75.9 Å². The number of hydrogen-bond donors (Lipinski definition) is 0. The van der Waals surface area contributed by atoms with E-state index in [1.165, 1.54) is 35.2 Å². The smallest absolute Gasteiger partial charge is 0.290 e. The fourth-order valence-electron chi connectivity index (χ4n) is 4.39. The Morgan fingerprint density at radius 3 is 2.43 bits per heavy atom. The molecule has 1 aliphatic heterocycles. The molecule has 0 unspecified atom stereocenters. The molecule has 1 aromatic heterocycles. The second-order valence-electron chi connectivity index (χ2n) is 8.16. The number of nitro groups is 1. The van der Waals surface area contributed by atoms with Crippen molar-refractivity contribution in [2.45, 2.75) is 12.5 Å². The topological polar surface area (TPSA) is 103 Å². The maximum atomic E-state index is 13.9. The first-order valence-corrected chi connectivity index (χ1v) is 10.8. The van der Waals surface area contributed by atoms with Crippen LogP contribution in [-0.4, -0.2) is 29.4 Å². The van der Waals surface area contributed by atoms with Gasteiger partial charge < -0.3 is 14.1 Å². The van der Waals surface area contributed by atoms with E-state index in [0.29, 0.717) is 17.7 Å². The van der Waals surface area contributed by atoms with Crippen LogP contribution in [0.3, 0.4) is 0 Å². The first-order chi connectivity index (χ1) is 16.9. The molecular weight excluding hydrogens is 455 g/mol. The van der Waals surface area contributed by atoms with Gasteiger partial charge in [0.25, 0.3) is 11.6 Å². The van der Waals surface area contributed by atoms with E-state index in [2.05, 4.69) is 0 Å². The lowest BCUT2D eigenvalue weighted by molar-refractivity contribution is -0.384. The van der Waals surface area contributed by atoms with Crippen LogP contribution in [0, 0.1) is 15.9 Å². The summed E-state index contributed by atoms with van der Waals surface area (Å²) in [6.07, 6.45) is 0.482. The molecule has 4 aromatic rings. The number of amides is 1. The SMILES string of the molecule is COc1ccc(CCN2C(=O)c3oc4ccc(F)cc4c(=O)c3[C@@H]2c2ccc([N+](=O)[O-])cc2)cc1. The minimum absolute atomic E-state index is 0.0282. The van der Waals surface area contributed by atoms with Crippen LogP contribution in [0.2, 0.25) is 0 Å². The van der Waals surface area contributed by atoms with Gasteiger partial charge in [0.1, 0.15) is 17.1 Å². The maximum absolute atomic E-state index is 13.9. The Kier molecular flexibility index (Phi) is 5.52.